The molecule has 0 bridgehead atoms. The second kappa shape index (κ2) is 8.14. The number of anilines is 4. The van der Waals surface area contributed by atoms with Gasteiger partial charge in [-0.3, -0.25) is 4.90 Å². The smallest absolute Gasteiger partial charge is 0.149 e. The van der Waals surface area contributed by atoms with E-state index < -0.39 is 0 Å². The molecule has 4 aromatic rings. The predicted molar refractivity (Wildman–Crippen MR) is 130 cm³/mol. The quantitative estimate of drug-likeness (QED) is 0.452. The monoisotopic (exact) mass is 455 g/mol. The highest BCUT2D eigenvalue weighted by Crippen LogP contribution is 2.52. The van der Waals surface area contributed by atoms with Crippen molar-refractivity contribution >= 4 is 33.9 Å². The summed E-state index contributed by atoms with van der Waals surface area (Å²) in [4.78, 5) is 18.1. The maximum absolute atomic E-state index is 10.0. The predicted octanol–water partition coefficient (Wildman–Crippen LogP) is 3.88. The Balaban J connectivity index is 1.48. The van der Waals surface area contributed by atoms with Crippen molar-refractivity contribution in [3.63, 3.8) is 0 Å². The molecule has 2 aromatic carbocycles. The molecule has 2 N–H and O–H groups in total. The zero-order valence-corrected chi connectivity index (χ0v) is 18.7. The lowest BCUT2D eigenvalue weighted by Gasteiger charge is -2.27. The lowest BCUT2D eigenvalue weighted by molar-refractivity contribution is 0.260. The van der Waals surface area contributed by atoms with Crippen LogP contribution in [0.1, 0.15) is 0 Å². The van der Waals surface area contributed by atoms with Crippen LogP contribution in [-0.4, -0.2) is 52.0 Å². The minimum Gasteiger partial charge on any atom is -0.508 e. The molecular weight excluding hydrogens is 430 g/mol. The van der Waals surface area contributed by atoms with Crippen LogP contribution in [0.4, 0.5) is 23.0 Å². The van der Waals surface area contributed by atoms with E-state index in [0.717, 1.165) is 41.2 Å². The van der Waals surface area contributed by atoms with Gasteiger partial charge in [0.15, 0.2) is 0 Å². The van der Waals surface area contributed by atoms with E-state index in [1.54, 1.807) is 31.8 Å². The first kappa shape index (κ1) is 20.7. The summed E-state index contributed by atoms with van der Waals surface area (Å²) in [6.07, 6.45) is 3.33. The van der Waals surface area contributed by atoms with Gasteiger partial charge in [-0.05, 0) is 48.1 Å². The molecular formula is C26H25N5O3. The molecule has 2 unspecified atom stereocenters. The van der Waals surface area contributed by atoms with Gasteiger partial charge < -0.3 is 19.8 Å². The summed E-state index contributed by atoms with van der Waals surface area (Å²) in [5, 5.41) is 20.4. The zero-order valence-electron chi connectivity index (χ0n) is 18.7. The lowest BCUT2D eigenvalue weighted by Crippen LogP contribution is -2.25. The van der Waals surface area contributed by atoms with Crippen LogP contribution in [0.3, 0.4) is 0 Å². The molecule has 34 heavy (non-hydrogen) atoms. The van der Waals surface area contributed by atoms with E-state index in [2.05, 4.69) is 14.9 Å². The first-order chi connectivity index (χ1) is 16.7. The third-order valence-corrected chi connectivity index (χ3v) is 7.02. The Morgan fingerprint density at radius 1 is 1.03 bits per heavy atom. The van der Waals surface area contributed by atoms with Gasteiger partial charge in [-0.2, -0.15) is 0 Å². The van der Waals surface area contributed by atoms with Gasteiger partial charge in [0.25, 0.3) is 0 Å². The topological polar surface area (TPSA) is 94.8 Å². The number of aliphatic hydroxyl groups is 1. The van der Waals surface area contributed by atoms with Crippen LogP contribution < -0.4 is 14.5 Å². The second-order valence-electron chi connectivity index (χ2n) is 8.86. The number of phenolic OH excluding ortho intramolecular Hbond substituents is 1. The fourth-order valence-corrected chi connectivity index (χ4v) is 5.20. The van der Waals surface area contributed by atoms with Crippen molar-refractivity contribution in [1.82, 2.24) is 15.0 Å². The van der Waals surface area contributed by atoms with Gasteiger partial charge >= 0.3 is 0 Å². The highest BCUT2D eigenvalue weighted by atomic mass is 16.5. The number of benzene rings is 2. The molecule has 8 nitrogen and oxygen atoms in total. The van der Waals surface area contributed by atoms with E-state index in [0.29, 0.717) is 29.3 Å². The Kier molecular flexibility index (Phi) is 4.95. The fourth-order valence-electron chi connectivity index (χ4n) is 5.20. The van der Waals surface area contributed by atoms with Crippen LogP contribution in [0, 0.1) is 17.8 Å². The van der Waals surface area contributed by atoms with E-state index in [1.165, 1.54) is 0 Å². The highest BCUT2D eigenvalue weighted by molar-refractivity contribution is 5.96. The normalized spacial score (nSPS) is 20.9. The summed E-state index contributed by atoms with van der Waals surface area (Å²) in [5.41, 5.74) is 2.39. The molecule has 2 aromatic heterocycles. The number of nitrogens with zero attached hydrogens (tertiary/aromatic N) is 5. The molecule has 1 saturated heterocycles. The molecule has 0 radical (unpaired) electrons. The number of phenols is 1. The Morgan fingerprint density at radius 3 is 2.56 bits per heavy atom. The average Bonchev–Trinajstić information content (AvgIpc) is 3.35. The minimum atomic E-state index is 0.126. The molecule has 1 aliphatic carbocycles. The van der Waals surface area contributed by atoms with Crippen LogP contribution >= 0.6 is 0 Å². The number of aromatic hydroxyl groups is 1. The lowest BCUT2D eigenvalue weighted by atomic mass is 10.1. The van der Waals surface area contributed by atoms with Gasteiger partial charge in [0.05, 0.1) is 24.5 Å². The number of ether oxygens (including phenoxy) is 1. The van der Waals surface area contributed by atoms with E-state index in [9.17, 15) is 10.2 Å². The van der Waals surface area contributed by atoms with Crippen LogP contribution in [0.5, 0.6) is 11.5 Å². The third kappa shape index (κ3) is 3.38. The zero-order chi connectivity index (χ0) is 23.2. The van der Waals surface area contributed by atoms with Crippen molar-refractivity contribution in [1.29, 1.82) is 0 Å². The standard InChI is InChI=1S/C26H25N5O3/c1-34-24-9-17(33)7-8-23(24)31(16-5-3-2-4-6-16)26-18-10-25(27-11-22(18)28-15-29-26)30-12-19-20(13-30)21(19)14-32/h2-11,15,19-21,32-33H,12-14H2,1H3. The van der Waals surface area contributed by atoms with Crippen LogP contribution in [-0.2, 0) is 0 Å². The molecule has 0 spiro atoms. The van der Waals surface area contributed by atoms with Crippen molar-refractivity contribution in [2.45, 2.75) is 0 Å². The van der Waals surface area contributed by atoms with Gasteiger partial charge in [0, 0.05) is 36.8 Å². The largest absolute Gasteiger partial charge is 0.508 e. The number of piperidine rings is 1. The summed E-state index contributed by atoms with van der Waals surface area (Å²) < 4.78 is 5.62. The van der Waals surface area contributed by atoms with E-state index in [4.69, 9.17) is 9.72 Å². The Labute approximate surface area is 197 Å². The van der Waals surface area contributed by atoms with Gasteiger partial charge in [-0.1, -0.05) is 18.2 Å². The first-order valence-corrected chi connectivity index (χ1v) is 11.4. The number of hydrogen-bond acceptors (Lipinski definition) is 8. The summed E-state index contributed by atoms with van der Waals surface area (Å²) in [7, 11) is 1.58. The van der Waals surface area contributed by atoms with Crippen LogP contribution in [0.2, 0.25) is 0 Å². The molecule has 2 fully saturated rings. The summed E-state index contributed by atoms with van der Waals surface area (Å²) in [6, 6.07) is 17.0. The molecule has 6 rings (SSSR count). The van der Waals surface area contributed by atoms with Gasteiger partial charge in [0.2, 0.25) is 0 Å². The fraction of sp³-hybridized carbons (Fsp3) is 0.269. The number of pyridine rings is 1. The van der Waals surface area contributed by atoms with Gasteiger partial charge in [-0.25, -0.2) is 15.0 Å². The van der Waals surface area contributed by atoms with Gasteiger partial charge in [-0.15, -0.1) is 0 Å². The third-order valence-electron chi connectivity index (χ3n) is 7.02. The first-order valence-electron chi connectivity index (χ1n) is 11.4. The van der Waals surface area contributed by atoms with Crippen molar-refractivity contribution in [2.24, 2.45) is 17.8 Å². The number of para-hydroxylation sites is 1. The van der Waals surface area contributed by atoms with Crippen molar-refractivity contribution in [3.8, 4) is 11.5 Å². The number of aromatic nitrogens is 3. The highest BCUT2D eigenvalue weighted by Gasteiger charge is 2.55. The maximum atomic E-state index is 10.0. The molecule has 2 atom stereocenters. The van der Waals surface area contributed by atoms with E-state index in [1.807, 2.05) is 47.4 Å². The van der Waals surface area contributed by atoms with E-state index in [-0.39, 0.29) is 12.4 Å². The average molecular weight is 456 g/mol. The van der Waals surface area contributed by atoms with Crippen molar-refractivity contribution < 1.29 is 14.9 Å². The molecule has 1 aliphatic heterocycles. The second-order valence-corrected chi connectivity index (χ2v) is 8.86. The molecule has 2 aliphatic rings. The Morgan fingerprint density at radius 2 is 1.82 bits per heavy atom. The van der Waals surface area contributed by atoms with Gasteiger partial charge in [0.1, 0.15) is 29.5 Å². The number of methoxy groups -OCH3 is 1. The maximum Gasteiger partial charge on any atom is 0.149 e. The van der Waals surface area contributed by atoms with Crippen molar-refractivity contribution in [3.05, 3.63) is 67.1 Å². The number of fused-ring (bicyclic) bond motifs is 2. The van der Waals surface area contributed by atoms with Crippen LogP contribution in [0.25, 0.3) is 10.9 Å². The SMILES string of the molecule is COc1cc(O)ccc1N(c1ccccc1)c1ncnc2cnc(N3CC4C(CO)C4C3)cc12. The number of aliphatic hydroxyl groups excluding tert-OH is 1. The summed E-state index contributed by atoms with van der Waals surface area (Å²) >= 11 is 0. The molecule has 1 saturated carbocycles. The Hall–Kier alpha value is -3.91. The molecule has 3 heterocycles. The Bertz CT molecular complexity index is 1340. The van der Waals surface area contributed by atoms with Crippen molar-refractivity contribution in [2.75, 3.05) is 36.6 Å². The molecule has 8 heteroatoms. The number of hydrogen-bond donors (Lipinski definition) is 2. The van der Waals surface area contributed by atoms with Crippen LogP contribution in [0.15, 0.2) is 67.1 Å². The number of rotatable bonds is 6. The van der Waals surface area contributed by atoms with E-state index >= 15 is 0 Å². The molecule has 172 valence electrons. The summed E-state index contributed by atoms with van der Waals surface area (Å²) in [6.45, 7) is 2.09. The minimum absolute atomic E-state index is 0.126. The molecule has 0 amide bonds. The summed E-state index contributed by atoms with van der Waals surface area (Å²) in [5.74, 6) is 3.78.